The Morgan fingerprint density at radius 1 is 2.00 bits per heavy atom. The van der Waals surface area contributed by atoms with Crippen LogP contribution in [0.15, 0.2) is 0 Å². The van der Waals surface area contributed by atoms with Gasteiger partial charge in [-0.2, -0.15) is 0 Å². The SMILES string of the molecule is Cl.[2H]C1([2H])SC(=O)C(N)C1([2H])[2H]. The van der Waals surface area contributed by atoms with E-state index in [4.69, 9.17) is 11.2 Å². The zero-order valence-corrected chi connectivity index (χ0v) is 5.51. The van der Waals surface area contributed by atoms with Crippen molar-refractivity contribution >= 4 is 29.3 Å². The Bertz CT molecular complexity index is 211. The molecule has 0 bridgehead atoms. The molecule has 0 aromatic heterocycles. The summed E-state index contributed by atoms with van der Waals surface area (Å²) in [6, 6.07) is -1.34. The summed E-state index contributed by atoms with van der Waals surface area (Å²) >= 11 is 0.332. The molecule has 0 saturated carbocycles. The molecule has 1 aliphatic heterocycles. The summed E-state index contributed by atoms with van der Waals surface area (Å²) < 4.78 is 28.5. The van der Waals surface area contributed by atoms with Crippen LogP contribution >= 0.6 is 24.2 Å². The van der Waals surface area contributed by atoms with Gasteiger partial charge in [0.1, 0.15) is 0 Å². The van der Waals surface area contributed by atoms with Crippen molar-refractivity contribution in [2.24, 2.45) is 5.73 Å². The molecule has 2 N–H and O–H groups in total. The molecule has 1 fully saturated rings. The van der Waals surface area contributed by atoms with E-state index in [-0.39, 0.29) is 12.4 Å². The van der Waals surface area contributed by atoms with E-state index in [9.17, 15) is 4.79 Å². The molecule has 1 rings (SSSR count). The highest BCUT2D eigenvalue weighted by Gasteiger charge is 2.19. The summed E-state index contributed by atoms with van der Waals surface area (Å²) in [5.41, 5.74) is 2.96. The standard InChI is InChI=1S/C4H7NOS.ClH/c5-3-1-2-7-4(3)6;/h3H,1-2,5H2;1H/i1D2,2D2;. The summed E-state index contributed by atoms with van der Waals surface area (Å²) in [6.07, 6.45) is -2.26. The van der Waals surface area contributed by atoms with E-state index in [0.29, 0.717) is 11.8 Å². The average Bonchev–Trinajstić information content (AvgIpc) is 1.93. The quantitative estimate of drug-likeness (QED) is 0.554. The van der Waals surface area contributed by atoms with Crippen LogP contribution in [-0.4, -0.2) is 16.9 Å². The van der Waals surface area contributed by atoms with Gasteiger partial charge in [-0.25, -0.2) is 0 Å². The number of thioether (sulfide) groups is 1. The Labute approximate surface area is 64.2 Å². The van der Waals surface area contributed by atoms with Crippen molar-refractivity contribution in [2.75, 3.05) is 5.70 Å². The largest absolute Gasteiger partial charge is 0.321 e. The van der Waals surface area contributed by atoms with Crippen LogP contribution in [0.3, 0.4) is 0 Å². The Hall–Kier alpha value is 0.270. The summed E-state index contributed by atoms with van der Waals surface area (Å²) in [6.45, 7) is 0. The maximum Gasteiger partial charge on any atom is 0.205 e. The summed E-state index contributed by atoms with van der Waals surface area (Å²) in [7, 11) is 0. The zero-order valence-electron chi connectivity index (χ0n) is 7.88. The Kier molecular flexibility index (Phi) is 1.43. The fraction of sp³-hybridized carbons (Fsp3) is 0.750. The molecule has 48 valence electrons. The van der Waals surface area contributed by atoms with Crippen molar-refractivity contribution < 1.29 is 10.3 Å². The average molecular weight is 158 g/mol. The number of rotatable bonds is 0. The lowest BCUT2D eigenvalue weighted by atomic mass is 10.3. The number of carbonyl (C=O) groups excluding carboxylic acids is 1. The van der Waals surface area contributed by atoms with Crippen LogP contribution in [0.25, 0.3) is 0 Å². The molecule has 1 atom stereocenters. The minimum atomic E-state index is -2.26. The molecule has 0 aromatic carbocycles. The van der Waals surface area contributed by atoms with Gasteiger partial charge in [0, 0.05) is 11.2 Å². The van der Waals surface area contributed by atoms with E-state index in [1.54, 1.807) is 0 Å². The van der Waals surface area contributed by atoms with Crippen molar-refractivity contribution in [3.63, 3.8) is 0 Å². The molecule has 8 heavy (non-hydrogen) atoms. The predicted molar refractivity (Wildman–Crippen MR) is 37.3 cm³/mol. The Morgan fingerprint density at radius 3 is 2.75 bits per heavy atom. The second kappa shape index (κ2) is 3.33. The monoisotopic (exact) mass is 157 g/mol. The van der Waals surface area contributed by atoms with Crippen molar-refractivity contribution in [1.29, 1.82) is 0 Å². The Morgan fingerprint density at radius 2 is 2.62 bits per heavy atom. The smallest absolute Gasteiger partial charge is 0.205 e. The molecule has 0 aliphatic carbocycles. The lowest BCUT2D eigenvalue weighted by Gasteiger charge is -1.90. The van der Waals surface area contributed by atoms with Crippen LogP contribution in [0.1, 0.15) is 11.9 Å². The summed E-state index contributed by atoms with van der Waals surface area (Å²) in [5, 5.41) is -0.625. The van der Waals surface area contributed by atoms with Gasteiger partial charge in [0.15, 0.2) is 0 Å². The van der Waals surface area contributed by atoms with Gasteiger partial charge in [0.25, 0.3) is 0 Å². The maximum atomic E-state index is 10.8. The van der Waals surface area contributed by atoms with E-state index in [1.165, 1.54) is 0 Å². The fourth-order valence-electron chi connectivity index (χ4n) is 0.266. The van der Waals surface area contributed by atoms with Crippen molar-refractivity contribution in [3.8, 4) is 0 Å². The second-order valence-corrected chi connectivity index (χ2v) is 1.96. The number of hydrogen-bond acceptors (Lipinski definition) is 3. The number of nitrogens with two attached hydrogens (primary N) is 1. The third-order valence-electron chi connectivity index (χ3n) is 0.620. The first kappa shape index (κ1) is 3.44. The second-order valence-electron chi connectivity index (χ2n) is 1.15. The topological polar surface area (TPSA) is 43.1 Å². The third kappa shape index (κ3) is 1.65. The third-order valence-corrected chi connectivity index (χ3v) is 1.30. The molecule has 0 spiro atoms. The molecule has 0 aromatic rings. The van der Waals surface area contributed by atoms with E-state index in [0.717, 1.165) is 0 Å². The van der Waals surface area contributed by atoms with Crippen LogP contribution in [0.5, 0.6) is 0 Å². The van der Waals surface area contributed by atoms with Gasteiger partial charge in [-0.15, -0.1) is 12.4 Å². The molecule has 1 unspecified atom stereocenters. The Balaban J connectivity index is 0.00000121. The molecule has 4 heteroatoms. The lowest BCUT2D eigenvalue weighted by molar-refractivity contribution is -0.111. The van der Waals surface area contributed by atoms with Gasteiger partial charge in [-0.3, -0.25) is 4.79 Å². The molecule has 2 nitrogen and oxygen atoms in total. The van der Waals surface area contributed by atoms with Gasteiger partial charge in [-0.05, 0) is 6.37 Å². The highest BCUT2D eigenvalue weighted by Crippen LogP contribution is 2.16. The summed E-state index contributed by atoms with van der Waals surface area (Å²) in [4.78, 5) is 10.8. The van der Waals surface area contributed by atoms with Crippen LogP contribution in [-0.2, 0) is 4.79 Å². The first-order chi connectivity index (χ1) is 4.79. The van der Waals surface area contributed by atoms with Gasteiger partial charge < -0.3 is 5.73 Å². The van der Waals surface area contributed by atoms with Crippen LogP contribution < -0.4 is 5.73 Å². The van der Waals surface area contributed by atoms with Crippen LogP contribution in [0.4, 0.5) is 0 Å². The molecule has 1 aliphatic rings. The lowest BCUT2D eigenvalue weighted by Crippen LogP contribution is -2.22. The van der Waals surface area contributed by atoms with Gasteiger partial charge >= 0.3 is 0 Å². The molecule has 1 heterocycles. The van der Waals surface area contributed by atoms with E-state index < -0.39 is 23.2 Å². The molecular weight excluding hydrogens is 146 g/mol. The van der Waals surface area contributed by atoms with Crippen molar-refractivity contribution in [2.45, 2.75) is 12.4 Å². The van der Waals surface area contributed by atoms with Gasteiger partial charge in [0.2, 0.25) is 5.12 Å². The van der Waals surface area contributed by atoms with E-state index >= 15 is 0 Å². The van der Waals surface area contributed by atoms with E-state index in [1.807, 2.05) is 0 Å². The number of carbonyl (C=O) groups is 1. The highest BCUT2D eigenvalue weighted by atomic mass is 35.5. The van der Waals surface area contributed by atoms with Gasteiger partial charge in [-0.1, -0.05) is 11.8 Å². The molecule has 1 saturated heterocycles. The minimum absolute atomic E-state index is 0. The zero-order chi connectivity index (χ0) is 8.86. The van der Waals surface area contributed by atoms with Crippen LogP contribution in [0, 0.1) is 0 Å². The van der Waals surface area contributed by atoms with Crippen molar-refractivity contribution in [3.05, 3.63) is 0 Å². The van der Waals surface area contributed by atoms with Crippen LogP contribution in [0.2, 0.25) is 0 Å². The van der Waals surface area contributed by atoms with E-state index in [2.05, 4.69) is 0 Å². The molecular formula is C4H8ClNOS. The highest BCUT2D eigenvalue weighted by molar-refractivity contribution is 8.14. The number of halogens is 1. The minimum Gasteiger partial charge on any atom is -0.321 e. The maximum absolute atomic E-state index is 10.8. The number of hydrogen-bond donors (Lipinski definition) is 1. The summed E-state index contributed by atoms with van der Waals surface area (Å²) in [5.74, 6) is 0. The first-order valence-corrected chi connectivity index (χ1v) is 2.59. The predicted octanol–water partition coefficient (Wildman–Crippen LogP) is 0.399. The normalized spacial score (nSPS) is 47.6. The first-order valence-electron chi connectivity index (χ1n) is 3.77. The molecule has 0 radical (unpaired) electrons. The van der Waals surface area contributed by atoms with Crippen molar-refractivity contribution in [1.82, 2.24) is 0 Å². The van der Waals surface area contributed by atoms with Gasteiger partial charge in [0.05, 0.1) is 6.04 Å². The fourth-order valence-corrected chi connectivity index (χ4v) is 0.738. The molecule has 0 amide bonds.